The SMILES string of the molecule is CCn1nc(CCCOC(=O)c2ccc(F)cc2OC)c2c1C(=O)NCC1(CCOCC1)C2. The Morgan fingerprint density at radius 3 is 2.85 bits per heavy atom. The third kappa shape index (κ3) is 4.88. The van der Waals surface area contributed by atoms with E-state index in [4.69, 9.17) is 19.3 Å². The summed E-state index contributed by atoms with van der Waals surface area (Å²) in [6, 6.07) is 3.70. The third-order valence-electron chi connectivity index (χ3n) is 6.55. The Hall–Kier alpha value is -2.94. The predicted molar refractivity (Wildman–Crippen MR) is 118 cm³/mol. The van der Waals surface area contributed by atoms with Gasteiger partial charge in [-0.3, -0.25) is 9.48 Å². The van der Waals surface area contributed by atoms with Gasteiger partial charge in [-0.1, -0.05) is 0 Å². The van der Waals surface area contributed by atoms with E-state index in [1.807, 2.05) is 6.92 Å². The van der Waals surface area contributed by atoms with Crippen molar-refractivity contribution in [3.05, 3.63) is 46.5 Å². The molecule has 1 amide bonds. The fraction of sp³-hybridized carbons (Fsp3) is 0.542. The van der Waals surface area contributed by atoms with Crippen molar-refractivity contribution >= 4 is 11.9 Å². The number of hydrogen-bond acceptors (Lipinski definition) is 6. The number of amides is 1. The van der Waals surface area contributed by atoms with Gasteiger partial charge in [-0.05, 0) is 56.6 Å². The summed E-state index contributed by atoms with van der Waals surface area (Å²) in [6.07, 6.45) is 3.73. The summed E-state index contributed by atoms with van der Waals surface area (Å²) in [7, 11) is 1.38. The Balaban J connectivity index is 1.45. The molecule has 1 saturated heterocycles. The van der Waals surface area contributed by atoms with Crippen LogP contribution in [0.1, 0.15) is 58.3 Å². The topological polar surface area (TPSA) is 91.7 Å². The summed E-state index contributed by atoms with van der Waals surface area (Å²) in [4.78, 5) is 25.3. The molecule has 1 aromatic heterocycles. The number of aryl methyl sites for hydroxylation is 2. The van der Waals surface area contributed by atoms with Gasteiger partial charge in [-0.15, -0.1) is 0 Å². The average molecular weight is 460 g/mol. The minimum Gasteiger partial charge on any atom is -0.496 e. The summed E-state index contributed by atoms with van der Waals surface area (Å²) in [6.45, 7) is 4.79. The monoisotopic (exact) mass is 459 g/mol. The van der Waals surface area contributed by atoms with Crippen molar-refractivity contribution in [1.29, 1.82) is 0 Å². The summed E-state index contributed by atoms with van der Waals surface area (Å²) in [5.74, 6) is -0.990. The van der Waals surface area contributed by atoms with Crippen LogP contribution in [-0.4, -0.2) is 55.1 Å². The number of carbonyl (C=O) groups is 2. The number of benzene rings is 1. The molecule has 1 aromatic carbocycles. The lowest BCUT2D eigenvalue weighted by atomic mass is 9.75. The van der Waals surface area contributed by atoms with Gasteiger partial charge in [0, 0.05) is 37.9 Å². The van der Waals surface area contributed by atoms with Crippen molar-refractivity contribution < 1.29 is 28.2 Å². The standard InChI is InChI=1S/C24H30FN3O5/c1-3-28-21-18(14-24(15-26-22(21)29)8-11-32-12-9-24)19(27-28)5-4-10-33-23(30)17-7-6-16(25)13-20(17)31-2/h6-7,13H,3-5,8-12,14-15H2,1-2H3,(H,26,29). The molecule has 0 atom stereocenters. The first-order valence-electron chi connectivity index (χ1n) is 11.4. The Morgan fingerprint density at radius 2 is 2.12 bits per heavy atom. The lowest BCUT2D eigenvalue weighted by molar-refractivity contribution is 0.0160. The van der Waals surface area contributed by atoms with Crippen molar-refractivity contribution in [3.63, 3.8) is 0 Å². The molecule has 9 heteroatoms. The zero-order valence-electron chi connectivity index (χ0n) is 19.1. The van der Waals surface area contributed by atoms with Gasteiger partial charge in [0.1, 0.15) is 22.8 Å². The number of nitrogens with zero attached hydrogens (tertiary/aromatic N) is 2. The highest BCUT2D eigenvalue weighted by Gasteiger charge is 2.39. The number of rotatable bonds is 7. The molecule has 2 aromatic rings. The van der Waals surface area contributed by atoms with Gasteiger partial charge in [0.15, 0.2) is 0 Å². The van der Waals surface area contributed by atoms with Crippen LogP contribution in [0, 0.1) is 11.2 Å². The normalized spacial score (nSPS) is 17.2. The maximum atomic E-state index is 13.4. The summed E-state index contributed by atoms with van der Waals surface area (Å²) < 4.78 is 31.2. The van der Waals surface area contributed by atoms with Crippen LogP contribution in [0.5, 0.6) is 5.75 Å². The van der Waals surface area contributed by atoms with Gasteiger partial charge in [-0.25, -0.2) is 9.18 Å². The number of halogens is 1. The number of nitrogens with one attached hydrogen (secondary N) is 1. The first-order valence-corrected chi connectivity index (χ1v) is 11.4. The molecule has 0 unspecified atom stereocenters. The van der Waals surface area contributed by atoms with Gasteiger partial charge in [-0.2, -0.15) is 5.10 Å². The van der Waals surface area contributed by atoms with E-state index in [-0.39, 0.29) is 29.2 Å². The second-order valence-corrected chi connectivity index (χ2v) is 8.65. The molecule has 3 heterocycles. The first-order chi connectivity index (χ1) is 16.0. The molecule has 0 saturated carbocycles. The Bertz CT molecular complexity index is 1030. The highest BCUT2D eigenvalue weighted by Crippen LogP contribution is 2.37. The van der Waals surface area contributed by atoms with E-state index in [2.05, 4.69) is 5.32 Å². The van der Waals surface area contributed by atoms with Crippen molar-refractivity contribution in [1.82, 2.24) is 15.1 Å². The van der Waals surface area contributed by atoms with Gasteiger partial charge in [0.2, 0.25) is 0 Å². The van der Waals surface area contributed by atoms with Crippen LogP contribution >= 0.6 is 0 Å². The largest absolute Gasteiger partial charge is 0.496 e. The lowest BCUT2D eigenvalue weighted by Gasteiger charge is -2.36. The number of hydrogen-bond donors (Lipinski definition) is 1. The molecule has 0 aliphatic carbocycles. The van der Waals surface area contributed by atoms with Gasteiger partial charge >= 0.3 is 5.97 Å². The number of aromatic nitrogens is 2. The highest BCUT2D eigenvalue weighted by atomic mass is 19.1. The molecule has 1 fully saturated rings. The molecule has 1 N–H and O–H groups in total. The fourth-order valence-corrected chi connectivity index (χ4v) is 4.68. The van der Waals surface area contributed by atoms with Crippen molar-refractivity contribution in [2.75, 3.05) is 33.5 Å². The van der Waals surface area contributed by atoms with E-state index in [1.54, 1.807) is 4.68 Å². The minimum atomic E-state index is -0.565. The minimum absolute atomic E-state index is 0.0128. The zero-order valence-corrected chi connectivity index (χ0v) is 19.1. The Morgan fingerprint density at radius 1 is 1.33 bits per heavy atom. The van der Waals surface area contributed by atoms with Crippen LogP contribution in [0.2, 0.25) is 0 Å². The predicted octanol–water partition coefficient (Wildman–Crippen LogP) is 2.92. The van der Waals surface area contributed by atoms with Gasteiger partial charge in [0.25, 0.3) is 5.91 Å². The Kier molecular flexibility index (Phi) is 6.97. The van der Waals surface area contributed by atoms with Crippen LogP contribution in [0.15, 0.2) is 18.2 Å². The molecule has 4 rings (SSSR count). The van der Waals surface area contributed by atoms with Crippen molar-refractivity contribution in [3.8, 4) is 5.75 Å². The number of methoxy groups -OCH3 is 1. The Labute approximate surface area is 192 Å². The van der Waals surface area contributed by atoms with Crippen LogP contribution < -0.4 is 10.1 Å². The van der Waals surface area contributed by atoms with Crippen LogP contribution in [-0.2, 0) is 28.9 Å². The molecule has 0 bridgehead atoms. The van der Waals surface area contributed by atoms with E-state index in [9.17, 15) is 14.0 Å². The molecule has 1 spiro atoms. The van der Waals surface area contributed by atoms with Crippen LogP contribution in [0.3, 0.4) is 0 Å². The third-order valence-corrected chi connectivity index (χ3v) is 6.55. The summed E-state index contributed by atoms with van der Waals surface area (Å²) >= 11 is 0. The molecule has 33 heavy (non-hydrogen) atoms. The van der Waals surface area contributed by atoms with Crippen molar-refractivity contribution in [2.45, 2.75) is 45.6 Å². The van der Waals surface area contributed by atoms with Gasteiger partial charge in [0.05, 0.1) is 19.4 Å². The molecule has 2 aliphatic heterocycles. The second-order valence-electron chi connectivity index (χ2n) is 8.65. The van der Waals surface area contributed by atoms with Crippen LogP contribution in [0.25, 0.3) is 0 Å². The van der Waals surface area contributed by atoms with Gasteiger partial charge < -0.3 is 19.5 Å². The maximum Gasteiger partial charge on any atom is 0.341 e. The molecular weight excluding hydrogens is 429 g/mol. The molecule has 178 valence electrons. The average Bonchev–Trinajstić information content (AvgIpc) is 3.10. The van der Waals surface area contributed by atoms with E-state index < -0.39 is 11.8 Å². The van der Waals surface area contributed by atoms with Crippen molar-refractivity contribution in [2.24, 2.45) is 5.41 Å². The molecular formula is C24H30FN3O5. The second kappa shape index (κ2) is 9.91. The lowest BCUT2D eigenvalue weighted by Crippen LogP contribution is -2.40. The quantitative estimate of drug-likeness (QED) is 0.506. The molecule has 8 nitrogen and oxygen atoms in total. The van der Waals surface area contributed by atoms with E-state index in [0.717, 1.165) is 36.6 Å². The fourth-order valence-electron chi connectivity index (χ4n) is 4.68. The summed E-state index contributed by atoms with van der Waals surface area (Å²) in [5, 5.41) is 7.82. The number of carbonyl (C=O) groups excluding carboxylic acids is 2. The highest BCUT2D eigenvalue weighted by molar-refractivity contribution is 5.95. The zero-order chi connectivity index (χ0) is 23.4. The van der Waals surface area contributed by atoms with E-state index in [0.29, 0.717) is 44.8 Å². The smallest absolute Gasteiger partial charge is 0.341 e. The van der Waals surface area contributed by atoms with E-state index >= 15 is 0 Å². The first kappa shape index (κ1) is 23.2. The number of esters is 1. The number of ether oxygens (including phenoxy) is 3. The number of fused-ring (bicyclic) bond motifs is 1. The van der Waals surface area contributed by atoms with E-state index in [1.165, 1.54) is 19.2 Å². The molecule has 0 radical (unpaired) electrons. The summed E-state index contributed by atoms with van der Waals surface area (Å²) in [5.41, 5.74) is 2.69. The maximum absolute atomic E-state index is 13.4. The van der Waals surface area contributed by atoms with Crippen LogP contribution in [0.4, 0.5) is 4.39 Å². The molecule has 2 aliphatic rings.